The van der Waals surface area contributed by atoms with Gasteiger partial charge >= 0.3 is 0 Å². The second-order valence-corrected chi connectivity index (χ2v) is 6.86. The van der Waals surface area contributed by atoms with Gasteiger partial charge in [-0.3, -0.25) is 0 Å². The van der Waals surface area contributed by atoms with Gasteiger partial charge in [-0.15, -0.1) is 0 Å². The van der Waals surface area contributed by atoms with Crippen LogP contribution in [-0.2, 0) is 9.84 Å². The fourth-order valence-electron chi connectivity index (χ4n) is 2.90. The molecule has 3 heteroatoms. The fourth-order valence-corrected chi connectivity index (χ4v) is 4.72. The van der Waals surface area contributed by atoms with Crippen LogP contribution >= 0.6 is 0 Å². The molecule has 1 aromatic rings. The van der Waals surface area contributed by atoms with E-state index in [1.165, 1.54) is 18.4 Å². The van der Waals surface area contributed by atoms with Gasteiger partial charge in [-0.1, -0.05) is 23.8 Å². The van der Waals surface area contributed by atoms with Crippen LogP contribution in [-0.4, -0.2) is 8.42 Å². The molecule has 0 aromatic heterocycles. The van der Waals surface area contributed by atoms with E-state index in [1.807, 2.05) is 6.07 Å². The fraction of sp³-hybridized carbons (Fsp3) is 0.429. The van der Waals surface area contributed by atoms with E-state index in [1.54, 1.807) is 24.3 Å². The van der Waals surface area contributed by atoms with Crippen LogP contribution < -0.4 is 0 Å². The van der Waals surface area contributed by atoms with Gasteiger partial charge in [0.2, 0.25) is 9.84 Å². The molecule has 0 radical (unpaired) electrons. The molecule has 0 bridgehead atoms. The summed E-state index contributed by atoms with van der Waals surface area (Å²) in [5.74, 6) is 0.567. The molecular weight excluding hydrogens is 232 g/mol. The maximum Gasteiger partial charge on any atom is 0.202 e. The Morgan fingerprint density at radius 2 is 1.76 bits per heavy atom. The monoisotopic (exact) mass is 248 g/mol. The molecule has 17 heavy (non-hydrogen) atoms. The van der Waals surface area contributed by atoms with Gasteiger partial charge in [0, 0.05) is 4.91 Å². The molecular formula is C14H16O2S. The van der Waals surface area contributed by atoms with Crippen molar-refractivity contribution in [2.75, 3.05) is 0 Å². The zero-order valence-corrected chi connectivity index (χ0v) is 10.5. The van der Waals surface area contributed by atoms with Crippen molar-refractivity contribution in [3.8, 4) is 0 Å². The van der Waals surface area contributed by atoms with Crippen LogP contribution in [0.25, 0.3) is 0 Å². The highest BCUT2D eigenvalue weighted by molar-refractivity contribution is 7.95. The van der Waals surface area contributed by atoms with Crippen molar-refractivity contribution in [2.45, 2.75) is 37.0 Å². The van der Waals surface area contributed by atoms with E-state index in [9.17, 15) is 8.42 Å². The topological polar surface area (TPSA) is 34.1 Å². The molecule has 1 aromatic carbocycles. The molecule has 0 spiro atoms. The smallest absolute Gasteiger partial charge is 0.202 e. The molecule has 2 aliphatic rings. The molecule has 2 nitrogen and oxygen atoms in total. The molecule has 0 heterocycles. The molecule has 1 saturated carbocycles. The first-order chi connectivity index (χ1) is 8.19. The number of sulfone groups is 1. The van der Waals surface area contributed by atoms with Gasteiger partial charge in [-0.2, -0.15) is 0 Å². The largest absolute Gasteiger partial charge is 0.219 e. The first kappa shape index (κ1) is 11.0. The molecule has 0 aliphatic heterocycles. The average molecular weight is 248 g/mol. The van der Waals surface area contributed by atoms with Crippen molar-refractivity contribution in [3.05, 3.63) is 40.8 Å². The van der Waals surface area contributed by atoms with Crippen molar-refractivity contribution >= 4 is 9.84 Å². The van der Waals surface area contributed by atoms with Gasteiger partial charge in [-0.05, 0) is 50.2 Å². The Bertz CT molecular complexity index is 555. The predicted molar refractivity (Wildman–Crippen MR) is 67.2 cm³/mol. The minimum absolute atomic E-state index is 0.454. The Kier molecular flexibility index (Phi) is 2.58. The van der Waals surface area contributed by atoms with E-state index < -0.39 is 9.84 Å². The predicted octanol–water partition coefficient (Wildman–Crippen LogP) is 3.31. The van der Waals surface area contributed by atoms with E-state index >= 15 is 0 Å². The van der Waals surface area contributed by atoms with Gasteiger partial charge in [-0.25, -0.2) is 8.42 Å². The highest BCUT2D eigenvalue weighted by Crippen LogP contribution is 2.46. The van der Waals surface area contributed by atoms with Crippen molar-refractivity contribution in [1.29, 1.82) is 0 Å². The first-order valence-corrected chi connectivity index (χ1v) is 7.70. The van der Waals surface area contributed by atoms with Gasteiger partial charge in [0.1, 0.15) is 0 Å². The third kappa shape index (κ3) is 1.73. The number of hydrogen-bond donors (Lipinski definition) is 0. The Morgan fingerprint density at radius 1 is 1.00 bits per heavy atom. The summed E-state index contributed by atoms with van der Waals surface area (Å²) >= 11 is 0. The van der Waals surface area contributed by atoms with Crippen LogP contribution in [0.5, 0.6) is 0 Å². The summed E-state index contributed by atoms with van der Waals surface area (Å²) < 4.78 is 25.0. The third-order valence-electron chi connectivity index (χ3n) is 3.95. The second-order valence-electron chi connectivity index (χ2n) is 4.89. The minimum Gasteiger partial charge on any atom is -0.219 e. The SMILES string of the molecule is O=S(=O)(C1=C2CCC2CCC1)c1ccccc1. The quantitative estimate of drug-likeness (QED) is 0.804. The normalized spacial score (nSPS) is 24.1. The highest BCUT2D eigenvalue weighted by atomic mass is 32.2. The van der Waals surface area contributed by atoms with Crippen LogP contribution in [0.15, 0.2) is 45.7 Å². The van der Waals surface area contributed by atoms with Crippen molar-refractivity contribution in [2.24, 2.45) is 5.92 Å². The Morgan fingerprint density at radius 3 is 2.41 bits per heavy atom. The number of benzene rings is 1. The van der Waals surface area contributed by atoms with Crippen LogP contribution in [0.1, 0.15) is 32.1 Å². The van der Waals surface area contributed by atoms with Crippen molar-refractivity contribution in [3.63, 3.8) is 0 Å². The summed E-state index contributed by atoms with van der Waals surface area (Å²) in [7, 11) is -3.21. The van der Waals surface area contributed by atoms with Gasteiger partial charge < -0.3 is 0 Å². The van der Waals surface area contributed by atoms with Crippen LogP contribution in [0.4, 0.5) is 0 Å². The third-order valence-corrected chi connectivity index (χ3v) is 5.96. The molecule has 1 unspecified atom stereocenters. The molecule has 1 fully saturated rings. The molecule has 90 valence electrons. The molecule has 1 atom stereocenters. The Balaban J connectivity index is 2.07. The van der Waals surface area contributed by atoms with E-state index in [2.05, 4.69) is 0 Å². The number of fused-ring (bicyclic) bond motifs is 1. The van der Waals surface area contributed by atoms with Gasteiger partial charge in [0.25, 0.3) is 0 Å². The number of rotatable bonds is 2. The summed E-state index contributed by atoms with van der Waals surface area (Å²) in [6.45, 7) is 0. The maximum absolute atomic E-state index is 12.5. The van der Waals surface area contributed by atoms with E-state index in [0.717, 1.165) is 24.2 Å². The number of allylic oxidation sites excluding steroid dienone is 2. The summed E-state index contributed by atoms with van der Waals surface area (Å²) in [4.78, 5) is 1.18. The van der Waals surface area contributed by atoms with E-state index in [0.29, 0.717) is 10.8 Å². The lowest BCUT2D eigenvalue weighted by Crippen LogP contribution is -2.24. The molecule has 0 amide bonds. The highest BCUT2D eigenvalue weighted by Gasteiger charge is 2.35. The van der Waals surface area contributed by atoms with Crippen LogP contribution in [0, 0.1) is 5.92 Å². The summed E-state index contributed by atoms with van der Waals surface area (Å²) in [5, 5.41) is 0. The molecule has 0 N–H and O–H groups in total. The lowest BCUT2D eigenvalue weighted by molar-refractivity contribution is 0.377. The van der Waals surface area contributed by atoms with Crippen molar-refractivity contribution in [1.82, 2.24) is 0 Å². The minimum atomic E-state index is -3.21. The van der Waals surface area contributed by atoms with E-state index in [-0.39, 0.29) is 0 Å². The lowest BCUT2D eigenvalue weighted by Gasteiger charge is -2.36. The molecule has 0 saturated heterocycles. The Hall–Kier alpha value is -1.09. The zero-order valence-electron chi connectivity index (χ0n) is 9.72. The van der Waals surface area contributed by atoms with E-state index in [4.69, 9.17) is 0 Å². The first-order valence-electron chi connectivity index (χ1n) is 6.21. The summed E-state index contributed by atoms with van der Waals surface area (Å²) in [6, 6.07) is 8.83. The second kappa shape index (κ2) is 3.98. The van der Waals surface area contributed by atoms with Crippen LogP contribution in [0.2, 0.25) is 0 Å². The maximum atomic E-state index is 12.5. The summed E-state index contributed by atoms with van der Waals surface area (Å²) in [5.41, 5.74) is 1.22. The van der Waals surface area contributed by atoms with Crippen molar-refractivity contribution < 1.29 is 8.42 Å². The summed E-state index contributed by atoms with van der Waals surface area (Å²) in [6.07, 6.45) is 5.12. The zero-order chi connectivity index (χ0) is 11.9. The Labute approximate surface area is 102 Å². The number of hydrogen-bond acceptors (Lipinski definition) is 2. The average Bonchev–Trinajstić information content (AvgIpc) is 2.31. The van der Waals surface area contributed by atoms with Gasteiger partial charge in [0.15, 0.2) is 0 Å². The van der Waals surface area contributed by atoms with Gasteiger partial charge in [0.05, 0.1) is 4.90 Å². The lowest BCUT2D eigenvalue weighted by atomic mass is 9.73. The standard InChI is InChI=1S/C14H16O2S/c15-17(16,12-6-2-1-3-7-12)14-8-4-5-11-9-10-13(11)14/h1-3,6-7,11H,4-5,8-10H2. The molecule has 2 aliphatic carbocycles. The van der Waals surface area contributed by atoms with Crippen LogP contribution in [0.3, 0.4) is 0 Å². The molecule has 3 rings (SSSR count).